The molecule has 0 fully saturated rings. The molecule has 3 rings (SSSR count). The zero-order valence-electron chi connectivity index (χ0n) is 13.3. The van der Waals surface area contributed by atoms with Gasteiger partial charge < -0.3 is 5.73 Å². The molecule has 4 nitrogen and oxygen atoms in total. The lowest BCUT2D eigenvalue weighted by molar-refractivity contribution is 0.1000. The zero-order chi connectivity index (χ0) is 16.6. The number of thiazole rings is 1. The first-order valence-corrected chi connectivity index (χ1v) is 8.13. The number of amides is 1. The molecule has 5 heteroatoms. The highest BCUT2D eigenvalue weighted by molar-refractivity contribution is 7.13. The molecule has 0 bridgehead atoms. The van der Waals surface area contributed by atoms with E-state index in [9.17, 15) is 4.79 Å². The Bertz CT molecular complexity index is 865. The Hall–Kier alpha value is -2.53. The molecule has 23 heavy (non-hydrogen) atoms. The Kier molecular flexibility index (Phi) is 3.96. The van der Waals surface area contributed by atoms with E-state index in [1.54, 1.807) is 17.5 Å². The summed E-state index contributed by atoms with van der Waals surface area (Å²) >= 11 is 1.57. The molecule has 116 valence electrons. The molecular formula is C18H17N3OS. The highest BCUT2D eigenvalue weighted by Crippen LogP contribution is 2.35. The molecule has 0 unspecified atom stereocenters. The SMILES string of the molecule is Cc1cc(-c2cc(C(N)=O)c(C)cc2-c2nccs2)cc(C)n1. The zero-order valence-corrected chi connectivity index (χ0v) is 14.1. The Labute approximate surface area is 139 Å². The van der Waals surface area contributed by atoms with Crippen molar-refractivity contribution in [2.75, 3.05) is 0 Å². The lowest BCUT2D eigenvalue weighted by Crippen LogP contribution is -2.13. The van der Waals surface area contributed by atoms with E-state index in [1.165, 1.54) is 0 Å². The smallest absolute Gasteiger partial charge is 0.248 e. The largest absolute Gasteiger partial charge is 0.366 e. The molecule has 0 aliphatic rings. The van der Waals surface area contributed by atoms with Crippen LogP contribution in [0.4, 0.5) is 0 Å². The van der Waals surface area contributed by atoms with Crippen molar-refractivity contribution >= 4 is 17.2 Å². The van der Waals surface area contributed by atoms with Gasteiger partial charge in [-0.25, -0.2) is 4.98 Å². The summed E-state index contributed by atoms with van der Waals surface area (Å²) in [5.74, 6) is -0.420. The highest BCUT2D eigenvalue weighted by atomic mass is 32.1. The van der Waals surface area contributed by atoms with Gasteiger partial charge in [-0.15, -0.1) is 11.3 Å². The maximum absolute atomic E-state index is 11.7. The monoisotopic (exact) mass is 323 g/mol. The van der Waals surface area contributed by atoms with Crippen molar-refractivity contribution in [3.8, 4) is 21.7 Å². The summed E-state index contributed by atoms with van der Waals surface area (Å²) in [6, 6.07) is 7.88. The minimum atomic E-state index is -0.420. The van der Waals surface area contributed by atoms with Gasteiger partial charge in [0.05, 0.1) is 0 Å². The normalized spacial score (nSPS) is 10.7. The molecule has 0 saturated carbocycles. The second-order valence-corrected chi connectivity index (χ2v) is 6.45. The number of nitrogens with zero attached hydrogens (tertiary/aromatic N) is 2. The molecule has 2 N–H and O–H groups in total. The lowest BCUT2D eigenvalue weighted by atomic mass is 9.94. The van der Waals surface area contributed by atoms with Crippen LogP contribution < -0.4 is 5.73 Å². The standard InChI is InChI=1S/C18H17N3OS/c1-10-6-16(18-20-4-5-23-18)15(9-14(10)17(19)22)13-7-11(2)21-12(3)8-13/h4-9H,1-3H3,(H2,19,22). The van der Waals surface area contributed by atoms with Gasteiger partial charge in [-0.3, -0.25) is 9.78 Å². The van der Waals surface area contributed by atoms with Crippen LogP contribution in [0.3, 0.4) is 0 Å². The third-order valence-electron chi connectivity index (χ3n) is 3.69. The van der Waals surface area contributed by atoms with E-state index in [2.05, 4.69) is 9.97 Å². The van der Waals surface area contributed by atoms with E-state index in [4.69, 9.17) is 5.73 Å². The maximum atomic E-state index is 11.7. The van der Waals surface area contributed by atoms with Crippen molar-refractivity contribution in [1.29, 1.82) is 0 Å². The molecule has 0 aliphatic heterocycles. The fourth-order valence-corrected chi connectivity index (χ4v) is 3.40. The predicted octanol–water partition coefficient (Wildman–Crippen LogP) is 3.90. The van der Waals surface area contributed by atoms with Crippen LogP contribution in [0, 0.1) is 20.8 Å². The molecule has 0 spiro atoms. The van der Waals surface area contributed by atoms with Crippen molar-refractivity contribution < 1.29 is 4.79 Å². The quantitative estimate of drug-likeness (QED) is 0.795. The predicted molar refractivity (Wildman–Crippen MR) is 93.5 cm³/mol. The van der Waals surface area contributed by atoms with Crippen LogP contribution in [0.1, 0.15) is 27.3 Å². The van der Waals surface area contributed by atoms with Crippen molar-refractivity contribution in [3.63, 3.8) is 0 Å². The first-order valence-electron chi connectivity index (χ1n) is 7.25. The number of pyridine rings is 1. The Balaban J connectivity index is 2.32. The first kappa shape index (κ1) is 15.4. The van der Waals surface area contributed by atoms with E-state index in [1.807, 2.05) is 50.4 Å². The van der Waals surface area contributed by atoms with Crippen molar-refractivity contribution in [2.45, 2.75) is 20.8 Å². The number of primary amides is 1. The highest BCUT2D eigenvalue weighted by Gasteiger charge is 2.16. The second-order valence-electron chi connectivity index (χ2n) is 5.55. The number of hydrogen-bond donors (Lipinski definition) is 1. The second kappa shape index (κ2) is 5.93. The van der Waals surface area contributed by atoms with Crippen LogP contribution in [0.25, 0.3) is 21.7 Å². The molecule has 0 atom stereocenters. The topological polar surface area (TPSA) is 68.9 Å². The number of carbonyl (C=O) groups is 1. The Morgan fingerprint density at radius 2 is 1.74 bits per heavy atom. The number of rotatable bonds is 3. The molecule has 1 aromatic carbocycles. The Morgan fingerprint density at radius 3 is 2.30 bits per heavy atom. The van der Waals surface area contributed by atoms with Gasteiger partial charge in [-0.1, -0.05) is 0 Å². The van der Waals surface area contributed by atoms with Crippen LogP contribution in [-0.4, -0.2) is 15.9 Å². The number of hydrogen-bond acceptors (Lipinski definition) is 4. The fourth-order valence-electron chi connectivity index (χ4n) is 2.74. The Morgan fingerprint density at radius 1 is 1.04 bits per heavy atom. The van der Waals surface area contributed by atoms with Crippen molar-refractivity contribution in [1.82, 2.24) is 9.97 Å². The van der Waals surface area contributed by atoms with Gasteiger partial charge in [0.15, 0.2) is 0 Å². The van der Waals surface area contributed by atoms with E-state index < -0.39 is 5.91 Å². The van der Waals surface area contributed by atoms with Gasteiger partial charge in [-0.2, -0.15) is 0 Å². The van der Waals surface area contributed by atoms with Crippen molar-refractivity contribution in [2.24, 2.45) is 5.73 Å². The van der Waals surface area contributed by atoms with E-state index in [0.717, 1.165) is 38.6 Å². The van der Waals surface area contributed by atoms with E-state index in [-0.39, 0.29) is 0 Å². The van der Waals surface area contributed by atoms with E-state index >= 15 is 0 Å². The maximum Gasteiger partial charge on any atom is 0.248 e. The molecule has 3 aromatic rings. The van der Waals surface area contributed by atoms with Crippen molar-refractivity contribution in [3.05, 3.63) is 58.4 Å². The van der Waals surface area contributed by atoms with Gasteiger partial charge in [0, 0.05) is 34.1 Å². The summed E-state index contributed by atoms with van der Waals surface area (Å²) in [6.07, 6.45) is 1.78. The molecule has 2 aromatic heterocycles. The molecule has 1 amide bonds. The molecule has 0 saturated heterocycles. The fraction of sp³-hybridized carbons (Fsp3) is 0.167. The molecule has 2 heterocycles. The molecule has 0 aliphatic carbocycles. The average molecular weight is 323 g/mol. The van der Waals surface area contributed by atoms with Gasteiger partial charge in [0.2, 0.25) is 5.91 Å². The average Bonchev–Trinajstić information content (AvgIpc) is 2.99. The van der Waals surface area contributed by atoms with Crippen LogP contribution in [0.2, 0.25) is 0 Å². The van der Waals surface area contributed by atoms with Gasteiger partial charge in [0.25, 0.3) is 0 Å². The molecule has 0 radical (unpaired) electrons. The third-order valence-corrected chi connectivity index (χ3v) is 4.49. The summed E-state index contributed by atoms with van der Waals surface area (Å²) in [4.78, 5) is 20.6. The number of aromatic nitrogens is 2. The minimum Gasteiger partial charge on any atom is -0.366 e. The third kappa shape index (κ3) is 3.00. The first-order chi connectivity index (χ1) is 11.0. The van der Waals surface area contributed by atoms with Gasteiger partial charge in [-0.05, 0) is 61.7 Å². The van der Waals surface area contributed by atoms with Crippen LogP contribution in [-0.2, 0) is 0 Å². The summed E-state index contributed by atoms with van der Waals surface area (Å²) in [5.41, 5.74) is 11.8. The number of carbonyl (C=O) groups excluding carboxylic acids is 1. The van der Waals surface area contributed by atoms with Gasteiger partial charge in [0.1, 0.15) is 5.01 Å². The molecular weight excluding hydrogens is 306 g/mol. The van der Waals surface area contributed by atoms with Gasteiger partial charge >= 0.3 is 0 Å². The summed E-state index contributed by atoms with van der Waals surface area (Å²) in [7, 11) is 0. The number of benzene rings is 1. The summed E-state index contributed by atoms with van der Waals surface area (Å²) < 4.78 is 0. The number of aryl methyl sites for hydroxylation is 3. The summed E-state index contributed by atoms with van der Waals surface area (Å²) in [5, 5.41) is 2.87. The van der Waals surface area contributed by atoms with Crippen LogP contribution in [0.15, 0.2) is 35.8 Å². The van der Waals surface area contributed by atoms with Crippen LogP contribution >= 0.6 is 11.3 Å². The lowest BCUT2D eigenvalue weighted by Gasteiger charge is -2.13. The number of nitrogens with two attached hydrogens (primary N) is 1. The van der Waals surface area contributed by atoms with Crippen LogP contribution in [0.5, 0.6) is 0 Å². The van der Waals surface area contributed by atoms with E-state index in [0.29, 0.717) is 5.56 Å². The minimum absolute atomic E-state index is 0.420. The summed E-state index contributed by atoms with van der Waals surface area (Å²) in [6.45, 7) is 5.82.